The van der Waals surface area contributed by atoms with Gasteiger partial charge in [0.25, 0.3) is 0 Å². The molecule has 1 aromatic heterocycles. The monoisotopic (exact) mass is 492 g/mol. The van der Waals surface area contributed by atoms with Crippen molar-refractivity contribution in [2.24, 2.45) is 0 Å². The van der Waals surface area contributed by atoms with Crippen LogP contribution in [0.5, 0.6) is 0 Å². The molecule has 0 radical (unpaired) electrons. The van der Waals surface area contributed by atoms with Crippen molar-refractivity contribution in [2.45, 2.75) is 24.8 Å². The summed E-state index contributed by atoms with van der Waals surface area (Å²) < 4.78 is 33.0. The highest BCUT2D eigenvalue weighted by atomic mass is 32.2. The Bertz CT molecular complexity index is 1040. The van der Waals surface area contributed by atoms with Crippen LogP contribution in [0.4, 0.5) is 4.79 Å². The zero-order valence-corrected chi connectivity index (χ0v) is 20.8. The summed E-state index contributed by atoms with van der Waals surface area (Å²) in [5.41, 5.74) is 2.02. The summed E-state index contributed by atoms with van der Waals surface area (Å²) in [7, 11) is -3.56. The predicted octanol–water partition coefficient (Wildman–Crippen LogP) is 2.45. The van der Waals surface area contributed by atoms with E-state index in [4.69, 9.17) is 4.74 Å². The number of amides is 2. The number of rotatable bonds is 6. The Morgan fingerprint density at radius 1 is 1.06 bits per heavy atom. The maximum Gasteiger partial charge on any atom is 0.317 e. The fourth-order valence-electron chi connectivity index (χ4n) is 4.23. The minimum absolute atomic E-state index is 0.115. The molecule has 180 valence electrons. The Morgan fingerprint density at radius 2 is 1.79 bits per heavy atom. The number of carbonyl (C=O) groups excluding carboxylic acids is 1. The molecule has 0 aliphatic carbocycles. The molecular weight excluding hydrogens is 460 g/mol. The Kier molecular flexibility index (Phi) is 7.70. The van der Waals surface area contributed by atoms with Crippen LogP contribution in [-0.4, -0.2) is 87.6 Å². The van der Waals surface area contributed by atoms with Crippen molar-refractivity contribution in [3.8, 4) is 0 Å². The van der Waals surface area contributed by atoms with Crippen molar-refractivity contribution in [1.82, 2.24) is 19.4 Å². The molecule has 1 atom stereocenters. The third-order valence-electron chi connectivity index (χ3n) is 6.45. The maximum absolute atomic E-state index is 13.0. The number of aryl methyl sites for hydroxylation is 2. The van der Waals surface area contributed by atoms with Gasteiger partial charge in [0.15, 0.2) is 0 Å². The van der Waals surface area contributed by atoms with Crippen molar-refractivity contribution in [2.75, 3.05) is 59.0 Å². The molecule has 3 heterocycles. The SMILES string of the molecule is Cc1ccc(S(=O)(=O)N2CCN(C(=O)NC[C@H](c3cccs3)N3CCOCC3)CC2)cc1C. The first-order chi connectivity index (χ1) is 15.9. The lowest BCUT2D eigenvalue weighted by Crippen LogP contribution is -2.54. The summed E-state index contributed by atoms with van der Waals surface area (Å²) in [6.07, 6.45) is 0. The number of benzene rings is 1. The lowest BCUT2D eigenvalue weighted by Gasteiger charge is -2.36. The van der Waals surface area contributed by atoms with E-state index < -0.39 is 10.0 Å². The van der Waals surface area contributed by atoms with Gasteiger partial charge < -0.3 is 15.0 Å². The first-order valence-corrected chi connectivity index (χ1v) is 13.6. The molecule has 0 unspecified atom stereocenters. The fourth-order valence-corrected chi connectivity index (χ4v) is 6.60. The van der Waals surface area contributed by atoms with Gasteiger partial charge in [-0.05, 0) is 48.6 Å². The first-order valence-electron chi connectivity index (χ1n) is 11.3. The number of nitrogens with one attached hydrogen (secondary N) is 1. The van der Waals surface area contributed by atoms with Crippen LogP contribution in [-0.2, 0) is 14.8 Å². The van der Waals surface area contributed by atoms with Gasteiger partial charge in [0.05, 0.1) is 24.2 Å². The number of piperazine rings is 1. The van der Waals surface area contributed by atoms with Gasteiger partial charge in [-0.15, -0.1) is 11.3 Å². The molecule has 0 saturated carbocycles. The smallest absolute Gasteiger partial charge is 0.317 e. The molecule has 8 nitrogen and oxygen atoms in total. The van der Waals surface area contributed by atoms with E-state index in [2.05, 4.69) is 21.7 Å². The number of ether oxygens (including phenoxy) is 1. The van der Waals surface area contributed by atoms with E-state index in [0.29, 0.717) is 50.8 Å². The Balaban J connectivity index is 1.33. The molecule has 2 aliphatic heterocycles. The van der Waals surface area contributed by atoms with Crippen molar-refractivity contribution >= 4 is 27.4 Å². The number of carbonyl (C=O) groups is 1. The molecule has 2 amide bonds. The second-order valence-corrected chi connectivity index (χ2v) is 11.4. The third kappa shape index (κ3) is 5.58. The number of hydrogen-bond acceptors (Lipinski definition) is 6. The molecule has 1 N–H and O–H groups in total. The fraction of sp³-hybridized carbons (Fsp3) is 0.522. The predicted molar refractivity (Wildman–Crippen MR) is 129 cm³/mol. The molecule has 0 bridgehead atoms. The van der Waals surface area contributed by atoms with Gasteiger partial charge in [-0.2, -0.15) is 4.31 Å². The average molecular weight is 493 g/mol. The number of hydrogen-bond donors (Lipinski definition) is 1. The van der Waals surface area contributed by atoms with E-state index in [1.54, 1.807) is 28.4 Å². The maximum atomic E-state index is 13.0. The van der Waals surface area contributed by atoms with Crippen LogP contribution in [0.15, 0.2) is 40.6 Å². The van der Waals surface area contributed by atoms with Crippen LogP contribution >= 0.6 is 11.3 Å². The Hall–Kier alpha value is -1.98. The molecule has 2 aliphatic rings. The Labute approximate surface area is 200 Å². The molecule has 2 aromatic rings. The van der Waals surface area contributed by atoms with E-state index in [0.717, 1.165) is 24.2 Å². The minimum atomic E-state index is -3.56. The van der Waals surface area contributed by atoms with Crippen LogP contribution in [0.2, 0.25) is 0 Å². The summed E-state index contributed by atoms with van der Waals surface area (Å²) >= 11 is 1.69. The zero-order chi connectivity index (χ0) is 23.4. The summed E-state index contributed by atoms with van der Waals surface area (Å²) in [6, 6.07) is 9.33. The highest BCUT2D eigenvalue weighted by Crippen LogP contribution is 2.26. The second kappa shape index (κ2) is 10.5. The summed E-state index contributed by atoms with van der Waals surface area (Å²) in [6.45, 7) is 8.80. The van der Waals surface area contributed by atoms with Gasteiger partial charge in [-0.3, -0.25) is 4.90 Å². The van der Waals surface area contributed by atoms with Gasteiger partial charge in [-0.25, -0.2) is 13.2 Å². The topological polar surface area (TPSA) is 82.2 Å². The van der Waals surface area contributed by atoms with Crippen LogP contribution < -0.4 is 5.32 Å². The number of thiophene rings is 1. The van der Waals surface area contributed by atoms with Gasteiger partial charge in [-0.1, -0.05) is 12.1 Å². The molecule has 33 heavy (non-hydrogen) atoms. The molecular formula is C23H32N4O4S2. The van der Waals surface area contributed by atoms with E-state index in [1.807, 2.05) is 26.0 Å². The highest BCUT2D eigenvalue weighted by molar-refractivity contribution is 7.89. The molecule has 2 saturated heterocycles. The molecule has 4 rings (SSSR count). The molecule has 0 spiro atoms. The van der Waals surface area contributed by atoms with Gasteiger partial charge >= 0.3 is 6.03 Å². The largest absolute Gasteiger partial charge is 0.379 e. The minimum Gasteiger partial charge on any atom is -0.379 e. The average Bonchev–Trinajstić information content (AvgIpc) is 3.36. The van der Waals surface area contributed by atoms with Gasteiger partial charge in [0.2, 0.25) is 10.0 Å². The number of nitrogens with zero attached hydrogens (tertiary/aromatic N) is 3. The van der Waals surface area contributed by atoms with Crippen molar-refractivity contribution in [1.29, 1.82) is 0 Å². The van der Waals surface area contributed by atoms with E-state index >= 15 is 0 Å². The van der Waals surface area contributed by atoms with Crippen LogP contribution in [0.1, 0.15) is 22.0 Å². The van der Waals surface area contributed by atoms with E-state index in [-0.39, 0.29) is 12.1 Å². The quantitative estimate of drug-likeness (QED) is 0.670. The highest BCUT2D eigenvalue weighted by Gasteiger charge is 2.31. The molecule has 1 aromatic carbocycles. The van der Waals surface area contributed by atoms with Gasteiger partial charge in [0, 0.05) is 50.7 Å². The van der Waals surface area contributed by atoms with Crippen molar-refractivity contribution < 1.29 is 17.9 Å². The Morgan fingerprint density at radius 3 is 2.42 bits per heavy atom. The van der Waals surface area contributed by atoms with Gasteiger partial charge in [0.1, 0.15) is 0 Å². The van der Waals surface area contributed by atoms with Crippen molar-refractivity contribution in [3.05, 3.63) is 51.7 Å². The standard InChI is InChI=1S/C23H32N4O4S2/c1-18-5-6-20(16-19(18)2)33(29,30)27-9-7-26(8-10-27)23(28)24-17-21(22-4-3-15-32-22)25-11-13-31-14-12-25/h3-6,15-16,21H,7-14,17H2,1-2H3,(H,24,28)/t21-/m1/s1. The zero-order valence-electron chi connectivity index (χ0n) is 19.2. The molecule has 2 fully saturated rings. The first kappa shape index (κ1) is 24.2. The van der Waals surface area contributed by atoms with E-state index in [9.17, 15) is 13.2 Å². The lowest BCUT2D eigenvalue weighted by molar-refractivity contribution is 0.0171. The van der Waals surface area contributed by atoms with Crippen molar-refractivity contribution in [3.63, 3.8) is 0 Å². The number of morpholine rings is 1. The second-order valence-electron chi connectivity index (χ2n) is 8.50. The van der Waals surface area contributed by atoms with Crippen LogP contribution in [0.3, 0.4) is 0 Å². The van der Waals surface area contributed by atoms with E-state index in [1.165, 1.54) is 9.18 Å². The summed E-state index contributed by atoms with van der Waals surface area (Å²) in [5.74, 6) is 0. The normalized spacial score (nSPS) is 19.4. The van der Waals surface area contributed by atoms with Crippen LogP contribution in [0, 0.1) is 13.8 Å². The number of sulfonamides is 1. The summed E-state index contributed by atoms with van der Waals surface area (Å²) in [4.78, 5) is 18.5. The molecule has 10 heteroatoms. The van der Waals surface area contributed by atoms with Crippen LogP contribution in [0.25, 0.3) is 0 Å². The lowest BCUT2D eigenvalue weighted by atomic mass is 10.1. The third-order valence-corrected chi connectivity index (χ3v) is 9.31. The number of urea groups is 1. The summed E-state index contributed by atoms with van der Waals surface area (Å²) in [5, 5.41) is 5.14.